The first-order valence-corrected chi connectivity index (χ1v) is 18.8. The fraction of sp³-hybridized carbons (Fsp3) is 0.0385. The Labute approximate surface area is 314 Å². The predicted molar refractivity (Wildman–Crippen MR) is 230 cm³/mol. The molecule has 0 aliphatic carbocycles. The summed E-state index contributed by atoms with van der Waals surface area (Å²) in [6.45, 7) is 0. The summed E-state index contributed by atoms with van der Waals surface area (Å²) in [6.07, 6.45) is 2.32. The topological polar surface area (TPSA) is 24.1 Å². The van der Waals surface area contributed by atoms with Crippen LogP contribution in [0.2, 0.25) is 0 Å². The third-order valence-electron chi connectivity index (χ3n) is 11.5. The first-order valence-electron chi connectivity index (χ1n) is 18.8. The minimum Gasteiger partial charge on any atom is -0.366 e. The van der Waals surface area contributed by atoms with Gasteiger partial charge < -0.3 is 5.32 Å². The average Bonchev–Trinajstić information content (AvgIpc) is 3.25. The standard InChI is InChI=1S/C52H36N2/c1-3-17-35(18-4-1)48-41-25-13-14-26-42(41)51(50-39-23-11-8-16-34(39)28-30-44(48)50)47-32-46(53-52(54-47)36-19-5-2-6-20-36)49-40-24-12-9-21-37(40)31-45-38-22-10-7-15-33(38)27-29-43(45)49/h1-32,46,52-54H. The van der Waals surface area contributed by atoms with Gasteiger partial charge in [-0.15, -0.1) is 0 Å². The molecule has 2 N–H and O–H groups in total. The molecule has 2 heteroatoms. The van der Waals surface area contributed by atoms with Crippen molar-refractivity contribution >= 4 is 70.3 Å². The molecular weight excluding hydrogens is 653 g/mol. The SMILES string of the molecule is C1=C(c2c3ccccc3c(-c3ccccc3)c3ccc4ccccc4c23)NC(c2ccccc2)NC1c1c2ccccc2cc2c1ccc1ccccc12. The highest BCUT2D eigenvalue weighted by molar-refractivity contribution is 6.25. The molecular formula is C52H36N2. The Morgan fingerprint density at radius 2 is 0.926 bits per heavy atom. The highest BCUT2D eigenvalue weighted by Gasteiger charge is 2.29. The fourth-order valence-electron chi connectivity index (χ4n) is 9.12. The van der Waals surface area contributed by atoms with E-state index >= 15 is 0 Å². The van der Waals surface area contributed by atoms with Gasteiger partial charge in [0.1, 0.15) is 6.17 Å². The molecule has 0 aromatic heterocycles. The largest absolute Gasteiger partial charge is 0.366 e. The molecule has 0 amide bonds. The molecule has 2 nitrogen and oxygen atoms in total. The van der Waals surface area contributed by atoms with E-state index in [0.29, 0.717) is 0 Å². The van der Waals surface area contributed by atoms with Crippen LogP contribution in [-0.2, 0) is 0 Å². The zero-order valence-electron chi connectivity index (χ0n) is 29.6. The Morgan fingerprint density at radius 3 is 1.67 bits per heavy atom. The molecule has 0 saturated carbocycles. The molecule has 11 rings (SSSR count). The zero-order valence-corrected chi connectivity index (χ0v) is 29.6. The van der Waals surface area contributed by atoms with Crippen LogP contribution in [0.5, 0.6) is 0 Å². The van der Waals surface area contributed by atoms with Crippen LogP contribution in [-0.4, -0.2) is 0 Å². The monoisotopic (exact) mass is 688 g/mol. The Balaban J connectivity index is 1.27. The summed E-state index contributed by atoms with van der Waals surface area (Å²) in [5.41, 5.74) is 7.36. The maximum Gasteiger partial charge on any atom is 0.104 e. The number of hydrogen-bond donors (Lipinski definition) is 2. The van der Waals surface area contributed by atoms with Crippen molar-refractivity contribution in [2.75, 3.05) is 0 Å². The van der Waals surface area contributed by atoms with Crippen LogP contribution in [0.4, 0.5) is 0 Å². The molecule has 10 aromatic rings. The van der Waals surface area contributed by atoms with Crippen molar-refractivity contribution in [2.24, 2.45) is 0 Å². The summed E-state index contributed by atoms with van der Waals surface area (Å²) >= 11 is 0. The normalized spacial score (nSPS) is 16.0. The highest BCUT2D eigenvalue weighted by Crippen LogP contribution is 2.46. The van der Waals surface area contributed by atoms with Crippen molar-refractivity contribution in [1.82, 2.24) is 10.6 Å². The fourth-order valence-corrected chi connectivity index (χ4v) is 9.12. The second kappa shape index (κ2) is 12.4. The van der Waals surface area contributed by atoms with Gasteiger partial charge in [0.15, 0.2) is 0 Å². The van der Waals surface area contributed by atoms with E-state index in [0.717, 1.165) is 5.70 Å². The quantitative estimate of drug-likeness (QED) is 0.142. The smallest absolute Gasteiger partial charge is 0.104 e. The first-order chi connectivity index (χ1) is 26.8. The van der Waals surface area contributed by atoms with Crippen molar-refractivity contribution in [2.45, 2.75) is 12.2 Å². The molecule has 2 unspecified atom stereocenters. The van der Waals surface area contributed by atoms with Crippen LogP contribution in [0.3, 0.4) is 0 Å². The van der Waals surface area contributed by atoms with Crippen LogP contribution in [0.15, 0.2) is 194 Å². The van der Waals surface area contributed by atoms with E-state index in [1.54, 1.807) is 0 Å². The van der Waals surface area contributed by atoms with Gasteiger partial charge in [0.25, 0.3) is 0 Å². The van der Waals surface area contributed by atoms with E-state index in [1.165, 1.54) is 92.5 Å². The lowest BCUT2D eigenvalue weighted by molar-refractivity contribution is 0.446. The summed E-state index contributed by atoms with van der Waals surface area (Å²) in [5, 5.41) is 23.3. The van der Waals surface area contributed by atoms with Gasteiger partial charge in [-0.3, -0.25) is 5.32 Å². The van der Waals surface area contributed by atoms with Crippen molar-refractivity contribution < 1.29 is 0 Å². The number of benzene rings is 10. The Kier molecular flexibility index (Phi) is 7.11. The van der Waals surface area contributed by atoms with Gasteiger partial charge in [-0.2, -0.15) is 0 Å². The Morgan fingerprint density at radius 1 is 0.370 bits per heavy atom. The van der Waals surface area contributed by atoms with Gasteiger partial charge in [0.2, 0.25) is 0 Å². The van der Waals surface area contributed by atoms with E-state index < -0.39 is 0 Å². The molecule has 1 aliphatic rings. The van der Waals surface area contributed by atoms with E-state index in [-0.39, 0.29) is 12.2 Å². The van der Waals surface area contributed by atoms with Gasteiger partial charge in [0, 0.05) is 16.6 Å². The van der Waals surface area contributed by atoms with Crippen molar-refractivity contribution in [3.05, 3.63) is 211 Å². The molecule has 2 atom stereocenters. The summed E-state index contributed by atoms with van der Waals surface area (Å²) in [5.74, 6) is 0. The molecule has 0 spiro atoms. The zero-order chi connectivity index (χ0) is 35.6. The molecule has 10 aromatic carbocycles. The third-order valence-corrected chi connectivity index (χ3v) is 11.5. The summed E-state index contributed by atoms with van der Waals surface area (Å²) in [6, 6.07) is 68.7. The molecule has 1 aliphatic heterocycles. The summed E-state index contributed by atoms with van der Waals surface area (Å²) in [4.78, 5) is 0. The summed E-state index contributed by atoms with van der Waals surface area (Å²) in [7, 11) is 0. The molecule has 0 radical (unpaired) electrons. The highest BCUT2D eigenvalue weighted by atomic mass is 15.2. The van der Waals surface area contributed by atoms with E-state index in [2.05, 4.69) is 205 Å². The molecule has 0 fully saturated rings. The predicted octanol–water partition coefficient (Wildman–Crippen LogP) is 13.2. The molecule has 54 heavy (non-hydrogen) atoms. The number of fused-ring (bicyclic) bond motifs is 8. The Hall–Kier alpha value is -6.74. The van der Waals surface area contributed by atoms with Crippen LogP contribution in [0, 0.1) is 0 Å². The maximum atomic E-state index is 4.10. The van der Waals surface area contributed by atoms with E-state index in [9.17, 15) is 0 Å². The average molecular weight is 689 g/mol. The van der Waals surface area contributed by atoms with Crippen molar-refractivity contribution in [1.29, 1.82) is 0 Å². The minimum absolute atomic E-state index is 0.0983. The molecule has 0 saturated heterocycles. The van der Waals surface area contributed by atoms with Gasteiger partial charge >= 0.3 is 0 Å². The maximum absolute atomic E-state index is 4.10. The second-order valence-corrected chi connectivity index (χ2v) is 14.5. The van der Waals surface area contributed by atoms with Gasteiger partial charge in [0.05, 0.1) is 6.04 Å². The van der Waals surface area contributed by atoms with Crippen LogP contribution in [0.25, 0.3) is 81.5 Å². The van der Waals surface area contributed by atoms with E-state index in [1.807, 2.05) is 0 Å². The minimum atomic E-state index is -0.136. The third kappa shape index (κ3) is 4.85. The number of rotatable bonds is 4. The molecule has 1 heterocycles. The van der Waals surface area contributed by atoms with Gasteiger partial charge in [-0.25, -0.2) is 0 Å². The lowest BCUT2D eigenvalue weighted by Gasteiger charge is -2.35. The Bertz CT molecular complexity index is 3110. The lowest BCUT2D eigenvalue weighted by Crippen LogP contribution is -2.39. The number of hydrogen-bond acceptors (Lipinski definition) is 2. The number of nitrogens with one attached hydrogen (secondary N) is 2. The van der Waals surface area contributed by atoms with Gasteiger partial charge in [-0.05, 0) is 93.6 Å². The first kappa shape index (κ1) is 30.8. The van der Waals surface area contributed by atoms with Gasteiger partial charge in [-0.1, -0.05) is 182 Å². The van der Waals surface area contributed by atoms with Crippen LogP contribution in [0.1, 0.15) is 28.9 Å². The second-order valence-electron chi connectivity index (χ2n) is 14.5. The van der Waals surface area contributed by atoms with Crippen LogP contribution < -0.4 is 10.6 Å². The molecule has 0 bridgehead atoms. The summed E-state index contributed by atoms with van der Waals surface area (Å²) < 4.78 is 0. The van der Waals surface area contributed by atoms with Crippen LogP contribution >= 0.6 is 0 Å². The lowest BCUT2D eigenvalue weighted by atomic mass is 9.83. The van der Waals surface area contributed by atoms with E-state index in [4.69, 9.17) is 0 Å². The van der Waals surface area contributed by atoms with Crippen molar-refractivity contribution in [3.8, 4) is 11.1 Å². The molecule has 254 valence electrons. The van der Waals surface area contributed by atoms with Crippen molar-refractivity contribution in [3.63, 3.8) is 0 Å².